The van der Waals surface area contributed by atoms with Crippen LogP contribution in [0.5, 0.6) is 5.75 Å². The van der Waals surface area contributed by atoms with Crippen LogP contribution in [0.4, 0.5) is 0 Å². The standard InChI is InChI=1S/C25H35NO3/c1-13-9-16-18(12-26-22(16)28)20-17(13)11-24(6)15(3)7-8-19-23(4,5)21(27)14(2)10-25(19,24)29-20/h9,14-15,19,21,27H,7-8,10-12H2,1-6H3,(H,26,28)/t14-,15+,19?,21+,24-,25?/m1/s1. The van der Waals surface area contributed by atoms with Gasteiger partial charge >= 0.3 is 0 Å². The molecule has 2 heterocycles. The van der Waals surface area contributed by atoms with E-state index in [4.69, 9.17) is 4.74 Å². The number of hydrogen-bond donors (Lipinski definition) is 2. The SMILES string of the molecule is Cc1cc2c(c3c1C[C@]1(C)[C@@H](C)CCC4C(C)(C)[C@@H](O)[C@H](C)CC41O3)CNC2=O. The molecule has 2 aliphatic carbocycles. The molecular formula is C25H35NO3. The summed E-state index contributed by atoms with van der Waals surface area (Å²) in [7, 11) is 0. The van der Waals surface area contributed by atoms with Crippen LogP contribution in [-0.4, -0.2) is 22.7 Å². The highest BCUT2D eigenvalue weighted by Gasteiger charge is 2.69. The summed E-state index contributed by atoms with van der Waals surface area (Å²) < 4.78 is 7.22. The zero-order valence-corrected chi connectivity index (χ0v) is 18.7. The molecule has 2 N–H and O–H groups in total. The highest BCUT2D eigenvalue weighted by molar-refractivity contribution is 5.99. The number of nitrogens with one attached hydrogen (secondary N) is 1. The third-order valence-corrected chi connectivity index (χ3v) is 9.54. The molecule has 4 nitrogen and oxygen atoms in total. The molecule has 6 atom stereocenters. The van der Waals surface area contributed by atoms with Crippen molar-refractivity contribution >= 4 is 5.91 Å². The maximum atomic E-state index is 12.4. The first-order valence-electron chi connectivity index (χ1n) is 11.3. The Labute approximate surface area is 174 Å². The third kappa shape index (κ3) is 2.22. The van der Waals surface area contributed by atoms with Gasteiger partial charge in [-0.25, -0.2) is 0 Å². The van der Waals surface area contributed by atoms with Crippen LogP contribution in [0.3, 0.4) is 0 Å². The molecule has 0 radical (unpaired) electrons. The molecule has 0 bridgehead atoms. The van der Waals surface area contributed by atoms with Gasteiger partial charge in [0, 0.05) is 29.0 Å². The van der Waals surface area contributed by atoms with Crippen molar-refractivity contribution < 1.29 is 14.6 Å². The van der Waals surface area contributed by atoms with Gasteiger partial charge in [-0.05, 0) is 67.1 Å². The zero-order chi connectivity index (χ0) is 20.9. The maximum Gasteiger partial charge on any atom is 0.252 e. The number of benzene rings is 1. The van der Waals surface area contributed by atoms with E-state index in [0.29, 0.717) is 18.4 Å². The molecule has 2 saturated carbocycles. The van der Waals surface area contributed by atoms with E-state index in [9.17, 15) is 9.90 Å². The molecule has 5 rings (SSSR count). The average molecular weight is 398 g/mol. The fourth-order valence-corrected chi connectivity index (χ4v) is 7.62. The smallest absolute Gasteiger partial charge is 0.252 e. The van der Waals surface area contributed by atoms with Crippen molar-refractivity contribution in [2.45, 2.75) is 85.5 Å². The fourth-order valence-electron chi connectivity index (χ4n) is 7.62. The minimum absolute atomic E-state index is 0.0154. The second-order valence-electron chi connectivity index (χ2n) is 11.3. The number of carbonyl (C=O) groups excluding carboxylic acids is 1. The number of aliphatic hydroxyl groups is 1. The Morgan fingerprint density at radius 1 is 1.17 bits per heavy atom. The Hall–Kier alpha value is -1.55. The van der Waals surface area contributed by atoms with E-state index < -0.39 is 0 Å². The molecule has 0 saturated heterocycles. The van der Waals surface area contributed by atoms with E-state index >= 15 is 0 Å². The van der Waals surface area contributed by atoms with Crippen LogP contribution in [-0.2, 0) is 13.0 Å². The molecule has 4 aliphatic rings. The molecule has 2 fully saturated rings. The summed E-state index contributed by atoms with van der Waals surface area (Å²) in [5.74, 6) is 2.02. The predicted molar refractivity (Wildman–Crippen MR) is 113 cm³/mol. The van der Waals surface area contributed by atoms with Gasteiger partial charge in [-0.15, -0.1) is 0 Å². The van der Waals surface area contributed by atoms with Gasteiger partial charge in [0.05, 0.1) is 6.10 Å². The quantitative estimate of drug-likeness (QED) is 0.682. The minimum Gasteiger partial charge on any atom is -0.486 e. The first kappa shape index (κ1) is 19.4. The van der Waals surface area contributed by atoms with Gasteiger partial charge in [0.15, 0.2) is 0 Å². The van der Waals surface area contributed by atoms with Gasteiger partial charge < -0.3 is 15.2 Å². The number of hydrogen-bond acceptors (Lipinski definition) is 3. The number of fused-ring (bicyclic) bond motifs is 3. The number of aryl methyl sites for hydroxylation is 1. The summed E-state index contributed by atoms with van der Waals surface area (Å²) in [6.07, 6.45) is 3.83. The van der Waals surface area contributed by atoms with Crippen LogP contribution in [0.2, 0.25) is 0 Å². The van der Waals surface area contributed by atoms with Gasteiger partial charge in [0.25, 0.3) is 5.91 Å². The van der Waals surface area contributed by atoms with Crippen molar-refractivity contribution in [2.75, 3.05) is 0 Å². The van der Waals surface area contributed by atoms with Crippen LogP contribution in [0.1, 0.15) is 80.9 Å². The number of ether oxygens (including phenoxy) is 1. The molecule has 1 amide bonds. The first-order valence-corrected chi connectivity index (χ1v) is 11.3. The van der Waals surface area contributed by atoms with Crippen LogP contribution in [0.25, 0.3) is 0 Å². The van der Waals surface area contributed by atoms with E-state index in [2.05, 4.69) is 52.9 Å². The van der Waals surface area contributed by atoms with Gasteiger partial charge in [-0.2, -0.15) is 0 Å². The van der Waals surface area contributed by atoms with Gasteiger partial charge in [0.1, 0.15) is 11.4 Å². The molecule has 29 heavy (non-hydrogen) atoms. The van der Waals surface area contributed by atoms with Crippen molar-refractivity contribution in [3.63, 3.8) is 0 Å². The summed E-state index contributed by atoms with van der Waals surface area (Å²) in [5.41, 5.74) is 3.81. The summed E-state index contributed by atoms with van der Waals surface area (Å²) in [6, 6.07) is 2.06. The number of amides is 1. The van der Waals surface area contributed by atoms with Gasteiger partial charge in [-0.1, -0.05) is 34.6 Å². The Morgan fingerprint density at radius 2 is 1.90 bits per heavy atom. The highest BCUT2D eigenvalue weighted by atomic mass is 16.5. The molecule has 0 aromatic heterocycles. The molecule has 4 heteroatoms. The van der Waals surface area contributed by atoms with E-state index in [1.54, 1.807) is 0 Å². The highest BCUT2D eigenvalue weighted by Crippen LogP contribution is 2.67. The van der Waals surface area contributed by atoms with E-state index in [1.807, 2.05) is 0 Å². The lowest BCUT2D eigenvalue weighted by atomic mass is 9.42. The Kier molecular flexibility index (Phi) is 3.87. The monoisotopic (exact) mass is 397 g/mol. The van der Waals surface area contributed by atoms with Crippen molar-refractivity contribution in [1.82, 2.24) is 5.32 Å². The lowest BCUT2D eigenvalue weighted by Crippen LogP contribution is -2.71. The normalized spacial score (nSPS) is 42.1. The third-order valence-electron chi connectivity index (χ3n) is 9.54. The molecule has 1 aromatic carbocycles. The molecule has 2 unspecified atom stereocenters. The molecule has 2 aliphatic heterocycles. The van der Waals surface area contributed by atoms with Crippen molar-refractivity contribution in [3.8, 4) is 5.75 Å². The van der Waals surface area contributed by atoms with Crippen LogP contribution < -0.4 is 10.1 Å². The zero-order valence-electron chi connectivity index (χ0n) is 18.7. The second-order valence-corrected chi connectivity index (χ2v) is 11.3. The summed E-state index contributed by atoms with van der Waals surface area (Å²) >= 11 is 0. The fraction of sp³-hybridized carbons (Fsp3) is 0.720. The Bertz CT molecular complexity index is 906. The molecule has 158 valence electrons. The van der Waals surface area contributed by atoms with E-state index in [1.165, 1.54) is 17.5 Å². The largest absolute Gasteiger partial charge is 0.486 e. The molecular weight excluding hydrogens is 362 g/mol. The minimum atomic E-state index is -0.313. The van der Waals surface area contributed by atoms with Crippen molar-refractivity contribution in [1.29, 1.82) is 0 Å². The number of carbonyl (C=O) groups is 1. The second kappa shape index (κ2) is 5.78. The molecule has 1 aromatic rings. The average Bonchev–Trinajstić information content (AvgIpc) is 3.01. The van der Waals surface area contributed by atoms with Crippen LogP contribution in [0.15, 0.2) is 6.07 Å². The topological polar surface area (TPSA) is 58.6 Å². The van der Waals surface area contributed by atoms with Gasteiger partial charge in [-0.3, -0.25) is 4.79 Å². The summed E-state index contributed by atoms with van der Waals surface area (Å²) in [4.78, 5) is 12.4. The molecule has 1 spiro atoms. The predicted octanol–water partition coefficient (Wildman–Crippen LogP) is 4.39. The van der Waals surface area contributed by atoms with Crippen molar-refractivity contribution in [2.24, 2.45) is 28.6 Å². The summed E-state index contributed by atoms with van der Waals surface area (Å²) in [6.45, 7) is 14.2. The first-order chi connectivity index (χ1) is 13.5. The van der Waals surface area contributed by atoms with E-state index in [0.717, 1.165) is 36.1 Å². The lowest BCUT2D eigenvalue weighted by Gasteiger charge is -2.68. The number of aliphatic hydroxyl groups excluding tert-OH is 1. The van der Waals surface area contributed by atoms with Gasteiger partial charge in [0.2, 0.25) is 0 Å². The van der Waals surface area contributed by atoms with Crippen LogP contribution in [0, 0.1) is 35.5 Å². The maximum absolute atomic E-state index is 12.4. The van der Waals surface area contributed by atoms with Crippen molar-refractivity contribution in [3.05, 3.63) is 28.3 Å². The van der Waals surface area contributed by atoms with E-state index in [-0.39, 0.29) is 34.4 Å². The Morgan fingerprint density at radius 3 is 2.62 bits per heavy atom. The lowest BCUT2D eigenvalue weighted by molar-refractivity contribution is -0.247. The number of rotatable bonds is 0. The Balaban J connectivity index is 1.75. The van der Waals surface area contributed by atoms with Crippen LogP contribution >= 0.6 is 0 Å². The summed E-state index contributed by atoms with van der Waals surface area (Å²) in [5, 5.41) is 14.1.